The number of thiophene rings is 1. The molecule has 3 nitrogen and oxygen atoms in total. The minimum atomic E-state index is 0.0766. The van der Waals surface area contributed by atoms with E-state index in [4.69, 9.17) is 11.6 Å². The van der Waals surface area contributed by atoms with Crippen molar-refractivity contribution < 1.29 is 0 Å². The highest BCUT2D eigenvalue weighted by molar-refractivity contribution is 7.18. The Morgan fingerprint density at radius 3 is 3.22 bits per heavy atom. The third-order valence-corrected chi connectivity index (χ3v) is 4.94. The van der Waals surface area contributed by atoms with Crippen molar-refractivity contribution in [1.29, 1.82) is 0 Å². The van der Waals surface area contributed by atoms with E-state index < -0.39 is 0 Å². The number of alkyl halides is 1. The Morgan fingerprint density at radius 2 is 2.44 bits per heavy atom. The molecule has 2 aromatic rings. The molecule has 1 aliphatic carbocycles. The first-order chi connectivity index (χ1) is 8.70. The largest absolute Gasteiger partial charge is 0.297 e. The van der Waals surface area contributed by atoms with Gasteiger partial charge in [-0.1, -0.05) is 6.92 Å². The van der Waals surface area contributed by atoms with Gasteiger partial charge >= 0.3 is 0 Å². The van der Waals surface area contributed by atoms with Crippen LogP contribution in [0.3, 0.4) is 0 Å². The summed E-state index contributed by atoms with van der Waals surface area (Å²) >= 11 is 7.40. The van der Waals surface area contributed by atoms with E-state index in [2.05, 4.69) is 11.9 Å². The molecule has 0 spiro atoms. The molecule has 1 aliphatic rings. The molecule has 96 valence electrons. The van der Waals surface area contributed by atoms with E-state index in [1.165, 1.54) is 16.9 Å². The van der Waals surface area contributed by atoms with Gasteiger partial charge in [-0.05, 0) is 30.7 Å². The zero-order valence-electron chi connectivity index (χ0n) is 10.3. The monoisotopic (exact) mass is 282 g/mol. The lowest BCUT2D eigenvalue weighted by Gasteiger charge is -2.17. The summed E-state index contributed by atoms with van der Waals surface area (Å²) in [7, 11) is 0. The zero-order valence-corrected chi connectivity index (χ0v) is 11.9. The van der Waals surface area contributed by atoms with E-state index in [0.29, 0.717) is 12.4 Å². The maximum Gasteiger partial charge on any atom is 0.262 e. The lowest BCUT2D eigenvalue weighted by molar-refractivity contribution is 0.509. The quantitative estimate of drug-likeness (QED) is 0.794. The molecule has 0 aliphatic heterocycles. The van der Waals surface area contributed by atoms with Crippen LogP contribution < -0.4 is 5.56 Å². The number of nitrogens with zero attached hydrogens (tertiary/aromatic N) is 2. The number of fused-ring (bicyclic) bond motifs is 3. The van der Waals surface area contributed by atoms with Crippen molar-refractivity contribution in [1.82, 2.24) is 9.55 Å². The first-order valence-corrected chi connectivity index (χ1v) is 7.61. The van der Waals surface area contributed by atoms with Crippen LogP contribution in [0.15, 0.2) is 11.1 Å². The van der Waals surface area contributed by atoms with E-state index >= 15 is 0 Å². The second-order valence-electron chi connectivity index (χ2n) is 4.96. The highest BCUT2D eigenvalue weighted by Crippen LogP contribution is 2.35. The van der Waals surface area contributed by atoms with E-state index in [-0.39, 0.29) is 5.56 Å². The van der Waals surface area contributed by atoms with Crippen LogP contribution in [0.1, 0.15) is 23.8 Å². The van der Waals surface area contributed by atoms with Crippen LogP contribution in [0.4, 0.5) is 0 Å². The number of halogens is 1. The molecule has 1 unspecified atom stereocenters. The van der Waals surface area contributed by atoms with Gasteiger partial charge < -0.3 is 0 Å². The van der Waals surface area contributed by atoms with Crippen LogP contribution in [-0.2, 0) is 19.4 Å². The fourth-order valence-electron chi connectivity index (χ4n) is 2.62. The van der Waals surface area contributed by atoms with Gasteiger partial charge in [-0.3, -0.25) is 9.36 Å². The average Bonchev–Trinajstić information content (AvgIpc) is 2.71. The molecule has 2 heterocycles. The van der Waals surface area contributed by atoms with Crippen molar-refractivity contribution in [2.24, 2.45) is 5.92 Å². The topological polar surface area (TPSA) is 34.9 Å². The lowest BCUT2D eigenvalue weighted by atomic mass is 9.89. The first kappa shape index (κ1) is 12.2. The van der Waals surface area contributed by atoms with Crippen LogP contribution >= 0.6 is 22.9 Å². The number of hydrogen-bond acceptors (Lipinski definition) is 3. The van der Waals surface area contributed by atoms with Gasteiger partial charge in [0.2, 0.25) is 0 Å². The van der Waals surface area contributed by atoms with Gasteiger partial charge in [0.1, 0.15) is 4.83 Å². The first-order valence-electron chi connectivity index (χ1n) is 6.26. The Bertz CT molecular complexity index is 646. The van der Waals surface area contributed by atoms with Crippen LogP contribution in [-0.4, -0.2) is 15.4 Å². The molecule has 0 bridgehead atoms. The number of aryl methyl sites for hydroxylation is 2. The number of hydrogen-bond donors (Lipinski definition) is 0. The van der Waals surface area contributed by atoms with E-state index in [0.717, 1.165) is 29.0 Å². The molecular weight excluding hydrogens is 268 g/mol. The van der Waals surface area contributed by atoms with Gasteiger partial charge in [0.15, 0.2) is 0 Å². The molecular formula is C13H15ClN2OS. The van der Waals surface area contributed by atoms with Gasteiger partial charge in [-0.25, -0.2) is 4.98 Å². The van der Waals surface area contributed by atoms with Crippen LogP contribution in [0.2, 0.25) is 0 Å². The van der Waals surface area contributed by atoms with Gasteiger partial charge in [-0.2, -0.15) is 0 Å². The fraction of sp³-hybridized carbons (Fsp3) is 0.538. The van der Waals surface area contributed by atoms with Gasteiger partial charge in [0.05, 0.1) is 11.7 Å². The van der Waals surface area contributed by atoms with E-state index in [1.807, 2.05) is 0 Å². The highest BCUT2D eigenvalue weighted by atomic mass is 35.5. The minimum absolute atomic E-state index is 0.0766. The summed E-state index contributed by atoms with van der Waals surface area (Å²) in [6.45, 7) is 2.80. The van der Waals surface area contributed by atoms with Crippen molar-refractivity contribution >= 4 is 33.2 Å². The molecule has 0 N–H and O–H groups in total. The molecule has 0 fully saturated rings. The van der Waals surface area contributed by atoms with Crippen molar-refractivity contribution in [2.75, 3.05) is 5.88 Å². The fourth-order valence-corrected chi connectivity index (χ4v) is 4.14. The standard InChI is InChI=1S/C13H15ClN2OS/c1-8-2-3-9-10(6-8)18-12-11(9)13(17)16(5-4-14)7-15-12/h7-8H,2-6H2,1H3. The van der Waals surface area contributed by atoms with Crippen molar-refractivity contribution in [3.8, 4) is 0 Å². The lowest BCUT2D eigenvalue weighted by Crippen LogP contribution is -2.22. The Balaban J connectivity index is 2.22. The Morgan fingerprint density at radius 1 is 1.61 bits per heavy atom. The third-order valence-electron chi connectivity index (χ3n) is 3.61. The summed E-state index contributed by atoms with van der Waals surface area (Å²) < 4.78 is 1.63. The average molecular weight is 283 g/mol. The maximum absolute atomic E-state index is 12.4. The SMILES string of the molecule is CC1CCc2c(sc3ncn(CCCl)c(=O)c23)C1. The van der Waals surface area contributed by atoms with Crippen molar-refractivity contribution in [3.63, 3.8) is 0 Å². The molecule has 2 aromatic heterocycles. The van der Waals surface area contributed by atoms with E-state index in [1.54, 1.807) is 22.2 Å². The van der Waals surface area contributed by atoms with Crippen LogP contribution in [0, 0.1) is 5.92 Å². The molecule has 0 saturated carbocycles. The second kappa shape index (κ2) is 4.67. The minimum Gasteiger partial charge on any atom is -0.297 e. The van der Waals surface area contributed by atoms with Crippen molar-refractivity contribution in [3.05, 3.63) is 27.1 Å². The predicted molar refractivity (Wildman–Crippen MR) is 75.8 cm³/mol. The predicted octanol–water partition coefficient (Wildman–Crippen LogP) is 2.82. The summed E-state index contributed by atoms with van der Waals surface area (Å²) in [6.07, 6.45) is 4.89. The molecule has 0 amide bonds. The van der Waals surface area contributed by atoms with Crippen LogP contribution in [0.25, 0.3) is 10.2 Å². The van der Waals surface area contributed by atoms with E-state index in [9.17, 15) is 4.79 Å². The Hall–Kier alpha value is -0.870. The molecule has 1 atom stereocenters. The molecule has 0 aromatic carbocycles. The molecule has 0 saturated heterocycles. The van der Waals surface area contributed by atoms with Gasteiger partial charge in [0.25, 0.3) is 5.56 Å². The third kappa shape index (κ3) is 1.88. The Kier molecular flexibility index (Phi) is 3.16. The molecule has 5 heteroatoms. The van der Waals surface area contributed by atoms with Gasteiger partial charge in [-0.15, -0.1) is 22.9 Å². The number of aromatic nitrogens is 2. The van der Waals surface area contributed by atoms with Crippen LogP contribution in [0.5, 0.6) is 0 Å². The summed E-state index contributed by atoms with van der Waals surface area (Å²) in [6, 6.07) is 0. The smallest absolute Gasteiger partial charge is 0.262 e. The molecule has 3 rings (SSSR count). The normalized spacial score (nSPS) is 19.1. The zero-order chi connectivity index (χ0) is 12.7. The summed E-state index contributed by atoms with van der Waals surface area (Å²) in [5, 5.41) is 0.842. The Labute approximate surface area is 114 Å². The summed E-state index contributed by atoms with van der Waals surface area (Å²) in [5.41, 5.74) is 1.32. The highest BCUT2D eigenvalue weighted by Gasteiger charge is 2.22. The summed E-state index contributed by atoms with van der Waals surface area (Å²) in [4.78, 5) is 19.1. The second-order valence-corrected chi connectivity index (χ2v) is 6.43. The summed E-state index contributed by atoms with van der Waals surface area (Å²) in [5.74, 6) is 1.16. The molecule has 0 radical (unpaired) electrons. The van der Waals surface area contributed by atoms with Crippen molar-refractivity contribution in [2.45, 2.75) is 32.7 Å². The maximum atomic E-state index is 12.4. The number of rotatable bonds is 2. The van der Waals surface area contributed by atoms with Gasteiger partial charge in [0, 0.05) is 17.3 Å². The molecule has 18 heavy (non-hydrogen) atoms.